The molecule has 2 heterocycles. The summed E-state index contributed by atoms with van der Waals surface area (Å²) < 4.78 is 12.2. The third-order valence-corrected chi connectivity index (χ3v) is 20.9. The first-order valence-electron chi connectivity index (χ1n) is 33.0. The molecule has 4 saturated carbocycles. The molecule has 0 N–H and O–H groups in total. The summed E-state index contributed by atoms with van der Waals surface area (Å²) in [5.74, 6) is -0.457. The van der Waals surface area contributed by atoms with Crippen LogP contribution >= 0.6 is 0 Å². The second-order valence-electron chi connectivity index (χ2n) is 27.0. The highest BCUT2D eigenvalue weighted by molar-refractivity contribution is 6.38. The van der Waals surface area contributed by atoms with Gasteiger partial charge in [0.25, 0.3) is 23.6 Å². The van der Waals surface area contributed by atoms with E-state index in [4.69, 9.17) is 9.47 Å². The van der Waals surface area contributed by atoms with Crippen molar-refractivity contribution in [2.45, 2.75) is 187 Å². The maximum Gasteiger partial charge on any atom is 0.308 e. The van der Waals surface area contributed by atoms with Crippen molar-refractivity contribution in [2.24, 2.45) is 0 Å². The van der Waals surface area contributed by atoms with Gasteiger partial charge in [0.05, 0.1) is 22.5 Å². The Morgan fingerprint density at radius 1 is 0.427 bits per heavy atom. The number of anilines is 2. The van der Waals surface area contributed by atoms with Gasteiger partial charge in [-0.1, -0.05) is 170 Å². The Morgan fingerprint density at radius 3 is 1.17 bits per heavy atom. The number of nitrogens with zero attached hydrogens (tertiary/aromatic N) is 2. The molecule has 4 amide bonds. The Hall–Kier alpha value is -8.50. The van der Waals surface area contributed by atoms with E-state index in [1.165, 1.54) is 40.3 Å². The molecule has 14 rings (SSSR count). The molecule has 8 aromatic rings. The van der Waals surface area contributed by atoms with Gasteiger partial charge in [0.2, 0.25) is 0 Å². The normalized spacial score (nSPS) is 17.5. The molecule has 4 aliphatic carbocycles. The van der Waals surface area contributed by atoms with Crippen LogP contribution in [0.4, 0.5) is 11.4 Å². The average Bonchev–Trinajstić information content (AvgIpc) is 0.991. The molecule has 4 fully saturated rings. The van der Waals surface area contributed by atoms with Crippen molar-refractivity contribution in [3.63, 3.8) is 0 Å². The van der Waals surface area contributed by atoms with E-state index in [9.17, 15) is 9.59 Å². The molecule has 0 radical (unpaired) electrons. The number of amides is 4. The minimum absolute atomic E-state index is 0.232. The van der Waals surface area contributed by atoms with Crippen LogP contribution in [0.25, 0.3) is 54.9 Å². The lowest BCUT2D eigenvalue weighted by molar-refractivity contribution is -0.132. The van der Waals surface area contributed by atoms with Gasteiger partial charge in [-0.3, -0.25) is 28.8 Å². The highest BCUT2D eigenvalue weighted by Gasteiger charge is 2.43. The summed E-state index contributed by atoms with van der Waals surface area (Å²) in [6.07, 6.45) is 17.2. The smallest absolute Gasteiger partial charge is 0.308 e. The molecule has 0 atom stereocenters. The third kappa shape index (κ3) is 9.91. The van der Waals surface area contributed by atoms with Gasteiger partial charge in [-0.05, 0) is 190 Å². The minimum Gasteiger partial charge on any atom is -0.426 e. The van der Waals surface area contributed by atoms with E-state index in [1.54, 1.807) is 12.1 Å². The topological polar surface area (TPSA) is 127 Å². The first-order valence-corrected chi connectivity index (χ1v) is 33.0. The van der Waals surface area contributed by atoms with Crippen LogP contribution in [0.15, 0.2) is 115 Å². The number of imide groups is 2. The first kappa shape index (κ1) is 58.2. The van der Waals surface area contributed by atoms with Crippen LogP contribution < -0.4 is 19.3 Å². The second-order valence-corrected chi connectivity index (χ2v) is 27.0. The zero-order chi connectivity index (χ0) is 61.7. The summed E-state index contributed by atoms with van der Waals surface area (Å²) in [7, 11) is 0. The number of hydrogen-bond acceptors (Lipinski definition) is 8. The quantitative estimate of drug-likeness (QED) is 0.0634. The van der Waals surface area contributed by atoms with E-state index in [-0.39, 0.29) is 52.9 Å². The van der Waals surface area contributed by atoms with Crippen LogP contribution in [0.2, 0.25) is 0 Å². The van der Waals surface area contributed by atoms with Crippen LogP contribution in [0.5, 0.6) is 11.5 Å². The molecule has 0 saturated heterocycles. The van der Waals surface area contributed by atoms with Gasteiger partial charge in [-0.2, -0.15) is 0 Å². The highest BCUT2D eigenvalue weighted by atomic mass is 16.5. The summed E-state index contributed by atoms with van der Waals surface area (Å²) in [6.45, 7) is 13.8. The van der Waals surface area contributed by atoms with Gasteiger partial charge < -0.3 is 9.47 Å². The van der Waals surface area contributed by atoms with Gasteiger partial charge in [-0.15, -0.1) is 0 Å². The van der Waals surface area contributed by atoms with E-state index in [1.807, 2.05) is 84.9 Å². The van der Waals surface area contributed by atoms with Crippen molar-refractivity contribution in [2.75, 3.05) is 9.80 Å². The summed E-state index contributed by atoms with van der Waals surface area (Å²) in [5.41, 5.74) is 15.6. The molecule has 2 aliphatic heterocycles. The van der Waals surface area contributed by atoms with Gasteiger partial charge in [0, 0.05) is 46.9 Å². The van der Waals surface area contributed by atoms with Crippen molar-refractivity contribution in [3.05, 3.63) is 176 Å². The van der Waals surface area contributed by atoms with E-state index in [0.29, 0.717) is 60.8 Å². The first-order chi connectivity index (χ1) is 43.1. The van der Waals surface area contributed by atoms with Crippen molar-refractivity contribution in [1.82, 2.24) is 0 Å². The lowest BCUT2D eigenvalue weighted by Gasteiger charge is -2.35. The van der Waals surface area contributed by atoms with Crippen molar-refractivity contribution in [1.29, 1.82) is 0 Å². The van der Waals surface area contributed by atoms with Gasteiger partial charge in [-0.25, -0.2) is 9.80 Å². The number of rotatable bonds is 13. The summed E-state index contributed by atoms with van der Waals surface area (Å²) in [6, 6.07) is 37.2. The molecule has 0 spiro atoms. The summed E-state index contributed by atoms with van der Waals surface area (Å²) in [4.78, 5) is 90.8. The van der Waals surface area contributed by atoms with Gasteiger partial charge >= 0.3 is 11.9 Å². The number of hydrogen-bond donors (Lipinski definition) is 0. The molecule has 452 valence electrons. The number of benzene rings is 8. The van der Waals surface area contributed by atoms with Crippen LogP contribution in [0, 0.1) is 6.92 Å². The summed E-state index contributed by atoms with van der Waals surface area (Å²) in [5, 5.41) is 2.34. The van der Waals surface area contributed by atoms with Crippen molar-refractivity contribution < 1.29 is 38.2 Å². The van der Waals surface area contributed by atoms with Crippen LogP contribution in [-0.2, 0) is 9.59 Å². The molecule has 0 bridgehead atoms. The zero-order valence-corrected chi connectivity index (χ0v) is 52.4. The third-order valence-electron chi connectivity index (χ3n) is 20.9. The van der Waals surface area contributed by atoms with E-state index < -0.39 is 23.8 Å². The number of ether oxygens (including phenoxy) is 2. The summed E-state index contributed by atoms with van der Waals surface area (Å²) >= 11 is 0. The molecule has 6 aliphatic rings. The largest absolute Gasteiger partial charge is 0.426 e. The predicted octanol–water partition coefficient (Wildman–Crippen LogP) is 19.6. The Bertz CT molecular complexity index is 4240. The SMILES string of the molecule is CC(=O)Oc1cc2c3c(cccc3c1-c1ccc(-c3ccc(-c4c(OC(C)=O)cc5c6c(cccc46)C(=O)N(c4c(C6CCCC6)cc(C(C)C)c(C6CCCC6)c4C)C5=O)cc3)cc1)C(=O)N(c1c(C3CCCC3)cc(C(C)C)cc1C1CCCC1)C2=O. The van der Waals surface area contributed by atoms with Crippen LogP contribution in [0.1, 0.15) is 260 Å². The number of esters is 2. The molecule has 8 aromatic carbocycles. The maximum atomic E-state index is 15.5. The lowest BCUT2D eigenvalue weighted by atomic mass is 9.79. The monoisotopic (exact) mass is 1180 g/mol. The Morgan fingerprint density at radius 2 is 0.787 bits per heavy atom. The highest BCUT2D eigenvalue weighted by Crippen LogP contribution is 2.54. The average molecular weight is 1180 g/mol. The van der Waals surface area contributed by atoms with E-state index >= 15 is 19.2 Å². The standard InChI is InChI=1S/C79H78N2O8/c1-43(2)56-38-62(50-18-8-9-19-50)75(63(39-56)51-20-10-11-21-51)81-77(85)60-29-17-27-58-71(68(89-47(7)83)42-66(73(58)60)79(81)87)55-36-32-49(33-37-55)48-30-34-54(35-31-48)70-57-26-16-28-59-72(57)65(41-67(70)88-46(6)82)78(86)80(76(59)84)74-45(5)69(53-24-14-15-25-53)61(44(3)4)40-64(74)52-22-12-13-23-52/h16-17,26-44,50-53H,8-15,18-25H2,1-7H3. The fourth-order valence-electron chi connectivity index (χ4n) is 16.8. The Kier molecular flexibility index (Phi) is 15.1. The van der Waals surface area contributed by atoms with E-state index in [2.05, 4.69) is 52.8 Å². The molecule has 10 heteroatoms. The zero-order valence-electron chi connectivity index (χ0n) is 52.4. The fraction of sp³-hybridized carbons (Fsp3) is 0.367. The Labute approximate surface area is 522 Å². The molecular weight excluding hydrogens is 1100 g/mol. The second kappa shape index (κ2) is 23.1. The van der Waals surface area contributed by atoms with E-state index in [0.717, 1.165) is 159 Å². The van der Waals surface area contributed by atoms with Crippen LogP contribution in [-0.4, -0.2) is 35.6 Å². The maximum absolute atomic E-state index is 15.5. The van der Waals surface area contributed by atoms with Gasteiger partial charge in [0.1, 0.15) is 11.5 Å². The van der Waals surface area contributed by atoms with Crippen molar-refractivity contribution in [3.8, 4) is 44.9 Å². The number of carbonyl (C=O) groups excluding carboxylic acids is 6. The Balaban J connectivity index is 0.820. The molecule has 10 nitrogen and oxygen atoms in total. The van der Waals surface area contributed by atoms with Gasteiger partial charge in [0.15, 0.2) is 0 Å². The lowest BCUT2D eigenvalue weighted by Crippen LogP contribution is -2.42. The fourth-order valence-corrected chi connectivity index (χ4v) is 16.8. The molecule has 89 heavy (non-hydrogen) atoms. The molecular formula is C79H78N2O8. The number of carbonyl (C=O) groups is 6. The molecule has 0 aromatic heterocycles. The van der Waals surface area contributed by atoms with Crippen molar-refractivity contribution >= 4 is 68.5 Å². The molecule has 0 unspecified atom stereocenters. The minimum atomic E-state index is -0.534. The predicted molar refractivity (Wildman–Crippen MR) is 353 cm³/mol. The van der Waals surface area contributed by atoms with Crippen LogP contribution in [0.3, 0.4) is 0 Å².